The van der Waals surface area contributed by atoms with Crippen LogP contribution in [0.1, 0.15) is 11.4 Å². The molecule has 1 saturated heterocycles. The summed E-state index contributed by atoms with van der Waals surface area (Å²) < 4.78 is 7.08. The van der Waals surface area contributed by atoms with Crippen LogP contribution in [0.15, 0.2) is 60.2 Å². The highest BCUT2D eigenvalue weighted by atomic mass is 35.5. The molecule has 0 aliphatic carbocycles. The van der Waals surface area contributed by atoms with E-state index in [9.17, 15) is 14.4 Å². The van der Waals surface area contributed by atoms with Crippen molar-refractivity contribution in [2.75, 3.05) is 12.0 Å². The monoisotopic (exact) mass is 469 g/mol. The van der Waals surface area contributed by atoms with E-state index in [0.29, 0.717) is 11.4 Å². The number of aromatic nitrogens is 1. The predicted molar refractivity (Wildman–Crippen MR) is 123 cm³/mol. The van der Waals surface area contributed by atoms with Crippen LogP contribution in [0.25, 0.3) is 11.8 Å². The van der Waals surface area contributed by atoms with Crippen molar-refractivity contribution in [2.45, 2.75) is 6.92 Å². The first-order valence-corrected chi connectivity index (χ1v) is 10.3. The summed E-state index contributed by atoms with van der Waals surface area (Å²) in [5.74, 6) is -0.898. The van der Waals surface area contributed by atoms with E-state index in [2.05, 4.69) is 5.32 Å². The molecule has 2 heterocycles. The number of urea groups is 1. The van der Waals surface area contributed by atoms with Crippen LogP contribution >= 0.6 is 23.2 Å². The third-order valence-corrected chi connectivity index (χ3v) is 5.81. The van der Waals surface area contributed by atoms with Gasteiger partial charge >= 0.3 is 6.03 Å². The number of rotatable bonds is 4. The number of carbonyl (C=O) groups excluding carboxylic acids is 3. The van der Waals surface area contributed by atoms with Gasteiger partial charge in [0.1, 0.15) is 11.3 Å². The molecule has 7 nitrogen and oxygen atoms in total. The number of aryl methyl sites for hydroxylation is 1. The van der Waals surface area contributed by atoms with E-state index < -0.39 is 17.8 Å². The molecule has 1 N–H and O–H groups in total. The van der Waals surface area contributed by atoms with Gasteiger partial charge in [0, 0.05) is 17.1 Å². The highest BCUT2D eigenvalue weighted by Crippen LogP contribution is 2.34. The Morgan fingerprint density at radius 1 is 0.969 bits per heavy atom. The van der Waals surface area contributed by atoms with Gasteiger partial charge in [0.2, 0.25) is 0 Å². The minimum Gasteiger partial charge on any atom is -0.497 e. The van der Waals surface area contributed by atoms with Crippen molar-refractivity contribution in [3.05, 3.63) is 81.6 Å². The first kappa shape index (κ1) is 21.7. The van der Waals surface area contributed by atoms with Crippen molar-refractivity contribution in [1.29, 1.82) is 0 Å². The fourth-order valence-electron chi connectivity index (χ4n) is 3.44. The maximum atomic E-state index is 13.2. The zero-order chi connectivity index (χ0) is 23.0. The summed E-state index contributed by atoms with van der Waals surface area (Å²) in [6.07, 6.45) is 1.44. The topological polar surface area (TPSA) is 80.6 Å². The van der Waals surface area contributed by atoms with Crippen LogP contribution in [-0.2, 0) is 9.59 Å². The van der Waals surface area contributed by atoms with E-state index in [1.807, 2.05) is 41.8 Å². The van der Waals surface area contributed by atoms with Gasteiger partial charge in [-0.2, -0.15) is 0 Å². The van der Waals surface area contributed by atoms with Crippen molar-refractivity contribution in [2.24, 2.45) is 0 Å². The van der Waals surface area contributed by atoms with E-state index in [-0.39, 0.29) is 21.3 Å². The maximum Gasteiger partial charge on any atom is 0.336 e. The fourth-order valence-corrected chi connectivity index (χ4v) is 3.82. The number of barbiturate groups is 1. The van der Waals surface area contributed by atoms with Crippen LogP contribution in [0.2, 0.25) is 10.0 Å². The maximum absolute atomic E-state index is 13.2. The van der Waals surface area contributed by atoms with Crippen LogP contribution < -0.4 is 15.0 Å². The minimum atomic E-state index is -0.900. The van der Waals surface area contributed by atoms with Crippen molar-refractivity contribution in [3.8, 4) is 11.4 Å². The van der Waals surface area contributed by atoms with Crippen LogP contribution in [0.3, 0.4) is 0 Å². The highest BCUT2D eigenvalue weighted by Gasteiger charge is 2.38. The Morgan fingerprint density at radius 3 is 2.38 bits per heavy atom. The van der Waals surface area contributed by atoms with Crippen LogP contribution in [0.5, 0.6) is 5.75 Å². The zero-order valence-corrected chi connectivity index (χ0v) is 18.6. The van der Waals surface area contributed by atoms with Gasteiger partial charge in [0.15, 0.2) is 0 Å². The number of halogens is 2. The van der Waals surface area contributed by atoms with Crippen LogP contribution in [-0.4, -0.2) is 29.5 Å². The standard InChI is InChI=1S/C23H17Cl2N3O4/c1-13-6-7-15(27(13)14-8-10-16(32-2)11-9-14)12-17-21(29)26-23(31)28(22(17)30)19-5-3-4-18(24)20(19)25/h3-12H,1-2H3,(H,26,29,31)/b17-12+. The predicted octanol–water partition coefficient (Wildman–Crippen LogP) is 4.77. The lowest BCUT2D eigenvalue weighted by Gasteiger charge is -2.27. The fraction of sp³-hybridized carbons (Fsp3) is 0.0870. The molecule has 32 heavy (non-hydrogen) atoms. The zero-order valence-electron chi connectivity index (χ0n) is 17.1. The number of ether oxygens (including phenoxy) is 1. The Kier molecular flexibility index (Phi) is 5.78. The lowest BCUT2D eigenvalue weighted by Crippen LogP contribution is -2.54. The molecule has 1 fully saturated rings. The van der Waals surface area contributed by atoms with Gasteiger partial charge in [-0.25, -0.2) is 9.69 Å². The van der Waals surface area contributed by atoms with Gasteiger partial charge < -0.3 is 9.30 Å². The van der Waals surface area contributed by atoms with Crippen molar-refractivity contribution in [3.63, 3.8) is 0 Å². The molecule has 0 unspecified atom stereocenters. The summed E-state index contributed by atoms with van der Waals surface area (Å²) in [7, 11) is 1.58. The second-order valence-corrected chi connectivity index (χ2v) is 7.75. The van der Waals surface area contributed by atoms with Crippen LogP contribution in [0.4, 0.5) is 10.5 Å². The van der Waals surface area contributed by atoms with E-state index in [1.165, 1.54) is 18.2 Å². The largest absolute Gasteiger partial charge is 0.497 e. The molecule has 3 aromatic rings. The molecule has 9 heteroatoms. The van der Waals surface area contributed by atoms with E-state index in [4.69, 9.17) is 27.9 Å². The van der Waals surface area contributed by atoms with Crippen molar-refractivity contribution in [1.82, 2.24) is 9.88 Å². The summed E-state index contributed by atoms with van der Waals surface area (Å²) in [4.78, 5) is 39.0. The Labute approximate surface area is 193 Å². The number of imide groups is 2. The van der Waals surface area contributed by atoms with Gasteiger partial charge in [-0.3, -0.25) is 14.9 Å². The molecule has 0 radical (unpaired) electrons. The van der Waals surface area contributed by atoms with E-state index in [1.54, 1.807) is 19.2 Å². The third-order valence-electron chi connectivity index (χ3n) is 5.00. The summed E-state index contributed by atoms with van der Waals surface area (Å²) >= 11 is 12.3. The molecule has 1 aromatic heterocycles. The molecule has 1 aliphatic heterocycles. The SMILES string of the molecule is COc1ccc(-n2c(C)ccc2/C=C2\C(=O)NC(=O)N(c3cccc(Cl)c3Cl)C2=O)cc1. The number of anilines is 1. The van der Waals surface area contributed by atoms with Gasteiger partial charge in [-0.05, 0) is 61.5 Å². The third kappa shape index (κ3) is 3.77. The summed E-state index contributed by atoms with van der Waals surface area (Å²) in [6.45, 7) is 1.90. The van der Waals surface area contributed by atoms with Crippen molar-refractivity contribution >= 4 is 52.8 Å². The quantitative estimate of drug-likeness (QED) is 0.440. The number of nitrogens with one attached hydrogen (secondary N) is 1. The average molecular weight is 470 g/mol. The summed E-state index contributed by atoms with van der Waals surface area (Å²) in [6, 6.07) is 14.6. The molecule has 0 atom stereocenters. The number of benzene rings is 2. The molecule has 0 saturated carbocycles. The summed E-state index contributed by atoms with van der Waals surface area (Å²) in [5.41, 5.74) is 2.15. The number of hydrogen-bond donors (Lipinski definition) is 1. The molecular weight excluding hydrogens is 453 g/mol. The van der Waals surface area contributed by atoms with Gasteiger partial charge in [-0.15, -0.1) is 0 Å². The lowest BCUT2D eigenvalue weighted by molar-refractivity contribution is -0.122. The number of carbonyl (C=O) groups is 3. The molecule has 0 spiro atoms. The van der Waals surface area contributed by atoms with Gasteiger partial charge in [-0.1, -0.05) is 29.3 Å². The summed E-state index contributed by atoms with van der Waals surface area (Å²) in [5, 5.41) is 2.40. The smallest absolute Gasteiger partial charge is 0.336 e. The lowest BCUT2D eigenvalue weighted by atomic mass is 10.1. The number of nitrogens with zero attached hydrogens (tertiary/aromatic N) is 2. The molecule has 2 aromatic carbocycles. The number of methoxy groups -OCH3 is 1. The molecule has 162 valence electrons. The Bertz CT molecular complexity index is 1280. The van der Waals surface area contributed by atoms with E-state index in [0.717, 1.165) is 16.3 Å². The molecule has 0 bridgehead atoms. The van der Waals surface area contributed by atoms with E-state index >= 15 is 0 Å². The minimum absolute atomic E-state index is 0.0313. The molecule has 4 amide bonds. The molecular formula is C23H17Cl2N3O4. The normalized spacial score (nSPS) is 15.3. The van der Waals surface area contributed by atoms with Gasteiger partial charge in [0.05, 0.1) is 22.8 Å². The van der Waals surface area contributed by atoms with Crippen molar-refractivity contribution < 1.29 is 19.1 Å². The average Bonchev–Trinajstić information content (AvgIpc) is 3.14. The highest BCUT2D eigenvalue weighted by molar-refractivity contribution is 6.46. The first-order valence-electron chi connectivity index (χ1n) is 9.50. The van der Waals surface area contributed by atoms with Crippen LogP contribution in [0, 0.1) is 6.92 Å². The second kappa shape index (κ2) is 8.53. The molecule has 1 aliphatic rings. The number of hydrogen-bond acceptors (Lipinski definition) is 4. The second-order valence-electron chi connectivity index (χ2n) is 6.96. The Balaban J connectivity index is 1.78. The first-order chi connectivity index (χ1) is 15.3. The van der Waals surface area contributed by atoms with Gasteiger partial charge in [0.25, 0.3) is 11.8 Å². The Hall–Kier alpha value is -3.55. The molecule has 4 rings (SSSR count). The Morgan fingerprint density at radius 2 is 1.69 bits per heavy atom. The number of amides is 4.